The predicted octanol–water partition coefficient (Wildman–Crippen LogP) is 1.13. The monoisotopic (exact) mass is 327 g/mol. The van der Waals surface area contributed by atoms with Crippen LogP contribution in [0.15, 0.2) is 53.1 Å². The maximum absolute atomic E-state index is 12.4. The summed E-state index contributed by atoms with van der Waals surface area (Å²) in [5.74, 6) is 0.606. The molecular formula is C18H21N3O3. The van der Waals surface area contributed by atoms with Gasteiger partial charge >= 0.3 is 0 Å². The normalized spacial score (nSPS) is 16.0. The summed E-state index contributed by atoms with van der Waals surface area (Å²) in [7, 11) is 0. The lowest BCUT2D eigenvalue weighted by molar-refractivity contribution is -0.134. The molecule has 3 rings (SSSR count). The third-order valence-electron chi connectivity index (χ3n) is 4.22. The Labute approximate surface area is 140 Å². The number of furan rings is 1. The molecule has 1 saturated heterocycles. The third kappa shape index (κ3) is 3.65. The van der Waals surface area contributed by atoms with Crippen LogP contribution >= 0.6 is 0 Å². The quantitative estimate of drug-likeness (QED) is 0.913. The molecule has 1 fully saturated rings. The maximum Gasteiger partial charge on any atom is 0.253 e. The van der Waals surface area contributed by atoms with Gasteiger partial charge in [-0.25, -0.2) is 0 Å². The van der Waals surface area contributed by atoms with E-state index in [-0.39, 0.29) is 11.8 Å². The second-order valence-corrected chi connectivity index (χ2v) is 5.87. The molecule has 1 unspecified atom stereocenters. The van der Waals surface area contributed by atoms with Crippen LogP contribution in [0, 0.1) is 0 Å². The first-order valence-electron chi connectivity index (χ1n) is 8.06. The van der Waals surface area contributed by atoms with E-state index in [0.29, 0.717) is 43.9 Å². The lowest BCUT2D eigenvalue weighted by Gasteiger charge is -2.35. The van der Waals surface area contributed by atoms with Gasteiger partial charge in [0.1, 0.15) is 5.76 Å². The molecule has 1 aliphatic rings. The Morgan fingerprint density at radius 2 is 1.67 bits per heavy atom. The number of amides is 2. The highest BCUT2D eigenvalue weighted by atomic mass is 16.3. The Morgan fingerprint density at radius 1 is 1.00 bits per heavy atom. The first-order chi connectivity index (χ1) is 11.6. The number of rotatable bonds is 4. The second kappa shape index (κ2) is 7.31. The molecule has 0 spiro atoms. The Bertz CT molecular complexity index is 677. The Balaban J connectivity index is 1.53. The summed E-state index contributed by atoms with van der Waals surface area (Å²) in [6.07, 6.45) is 1.95. The van der Waals surface area contributed by atoms with Crippen molar-refractivity contribution in [2.75, 3.05) is 26.2 Å². The molecule has 2 aromatic rings. The van der Waals surface area contributed by atoms with Crippen LogP contribution in [0.4, 0.5) is 0 Å². The van der Waals surface area contributed by atoms with Crippen molar-refractivity contribution in [2.45, 2.75) is 12.5 Å². The molecule has 1 atom stereocenters. The first kappa shape index (κ1) is 16.3. The van der Waals surface area contributed by atoms with Crippen LogP contribution in [0.5, 0.6) is 0 Å². The standard InChI is InChI=1S/C18H21N3O3/c19-16(13-15-7-4-12-24-15)18(23)21-10-8-20(9-11-21)17(22)14-5-2-1-3-6-14/h1-7,12,16H,8-11,13,19H2. The smallest absolute Gasteiger partial charge is 0.253 e. The van der Waals surface area contributed by atoms with Gasteiger partial charge in [-0.1, -0.05) is 18.2 Å². The maximum atomic E-state index is 12.4. The Hall–Kier alpha value is -2.60. The minimum atomic E-state index is -0.618. The number of hydrogen-bond donors (Lipinski definition) is 1. The molecular weight excluding hydrogens is 306 g/mol. The summed E-state index contributed by atoms with van der Waals surface area (Å²) in [4.78, 5) is 28.3. The van der Waals surface area contributed by atoms with Gasteiger partial charge in [-0.05, 0) is 24.3 Å². The fourth-order valence-electron chi connectivity index (χ4n) is 2.86. The van der Waals surface area contributed by atoms with Crippen LogP contribution in [0.2, 0.25) is 0 Å². The summed E-state index contributed by atoms with van der Waals surface area (Å²) in [5, 5.41) is 0. The van der Waals surface area contributed by atoms with Gasteiger partial charge in [0.15, 0.2) is 0 Å². The number of nitrogens with zero attached hydrogens (tertiary/aromatic N) is 2. The highest BCUT2D eigenvalue weighted by molar-refractivity contribution is 5.94. The van der Waals surface area contributed by atoms with Gasteiger partial charge in [0, 0.05) is 38.2 Å². The lowest BCUT2D eigenvalue weighted by Crippen LogP contribution is -2.54. The summed E-state index contributed by atoms with van der Waals surface area (Å²) in [5.41, 5.74) is 6.67. The van der Waals surface area contributed by atoms with Crippen LogP contribution in [0.3, 0.4) is 0 Å². The molecule has 1 aliphatic heterocycles. The van der Waals surface area contributed by atoms with Crippen molar-refractivity contribution >= 4 is 11.8 Å². The van der Waals surface area contributed by atoms with E-state index in [0.717, 1.165) is 0 Å². The first-order valence-corrected chi connectivity index (χ1v) is 8.06. The molecule has 6 nitrogen and oxygen atoms in total. The Kier molecular flexibility index (Phi) is 4.96. The highest BCUT2D eigenvalue weighted by Gasteiger charge is 2.28. The molecule has 2 heterocycles. The molecule has 0 saturated carbocycles. The highest BCUT2D eigenvalue weighted by Crippen LogP contribution is 2.11. The van der Waals surface area contributed by atoms with Gasteiger partial charge in [-0.15, -0.1) is 0 Å². The molecule has 126 valence electrons. The van der Waals surface area contributed by atoms with Crippen molar-refractivity contribution < 1.29 is 14.0 Å². The Morgan fingerprint density at radius 3 is 2.29 bits per heavy atom. The zero-order valence-electron chi connectivity index (χ0n) is 13.4. The van der Waals surface area contributed by atoms with Crippen LogP contribution in [-0.2, 0) is 11.2 Å². The van der Waals surface area contributed by atoms with Crippen LogP contribution < -0.4 is 5.73 Å². The fourth-order valence-corrected chi connectivity index (χ4v) is 2.86. The van der Waals surface area contributed by atoms with Gasteiger partial charge in [-0.2, -0.15) is 0 Å². The largest absolute Gasteiger partial charge is 0.469 e. The lowest BCUT2D eigenvalue weighted by atomic mass is 10.1. The number of benzene rings is 1. The average Bonchev–Trinajstić information content (AvgIpc) is 3.14. The number of carbonyl (C=O) groups is 2. The third-order valence-corrected chi connectivity index (χ3v) is 4.22. The van der Waals surface area contributed by atoms with Crippen molar-refractivity contribution in [3.8, 4) is 0 Å². The molecule has 24 heavy (non-hydrogen) atoms. The molecule has 0 bridgehead atoms. The van der Waals surface area contributed by atoms with E-state index >= 15 is 0 Å². The number of piperazine rings is 1. The summed E-state index contributed by atoms with van der Waals surface area (Å²) < 4.78 is 5.24. The number of hydrogen-bond acceptors (Lipinski definition) is 4. The minimum absolute atomic E-state index is 0.00239. The van der Waals surface area contributed by atoms with Crippen molar-refractivity contribution in [1.82, 2.24) is 9.80 Å². The molecule has 1 aromatic heterocycles. The predicted molar refractivity (Wildman–Crippen MR) is 89.3 cm³/mol. The van der Waals surface area contributed by atoms with E-state index in [1.165, 1.54) is 0 Å². The summed E-state index contributed by atoms with van der Waals surface area (Å²) >= 11 is 0. The zero-order chi connectivity index (χ0) is 16.9. The van der Waals surface area contributed by atoms with Gasteiger partial charge in [-0.3, -0.25) is 9.59 Å². The second-order valence-electron chi connectivity index (χ2n) is 5.87. The van der Waals surface area contributed by atoms with E-state index in [1.807, 2.05) is 24.3 Å². The van der Waals surface area contributed by atoms with Crippen molar-refractivity contribution in [2.24, 2.45) is 5.73 Å². The van der Waals surface area contributed by atoms with Crippen molar-refractivity contribution in [3.05, 3.63) is 60.1 Å². The van der Waals surface area contributed by atoms with Crippen molar-refractivity contribution in [1.29, 1.82) is 0 Å². The van der Waals surface area contributed by atoms with Crippen LogP contribution in [0.25, 0.3) is 0 Å². The molecule has 0 radical (unpaired) electrons. The van der Waals surface area contributed by atoms with E-state index in [1.54, 1.807) is 34.3 Å². The van der Waals surface area contributed by atoms with E-state index in [9.17, 15) is 9.59 Å². The van der Waals surface area contributed by atoms with Gasteiger partial charge in [0.2, 0.25) is 5.91 Å². The van der Waals surface area contributed by atoms with E-state index < -0.39 is 6.04 Å². The topological polar surface area (TPSA) is 79.8 Å². The molecule has 2 amide bonds. The van der Waals surface area contributed by atoms with Crippen LogP contribution in [-0.4, -0.2) is 53.8 Å². The van der Waals surface area contributed by atoms with Crippen LogP contribution in [0.1, 0.15) is 16.1 Å². The fraction of sp³-hybridized carbons (Fsp3) is 0.333. The molecule has 0 aliphatic carbocycles. The molecule has 2 N–H and O–H groups in total. The summed E-state index contributed by atoms with van der Waals surface area (Å²) in [6, 6.07) is 12.2. The van der Waals surface area contributed by atoms with Gasteiger partial charge in [0.25, 0.3) is 5.91 Å². The SMILES string of the molecule is NC(Cc1ccco1)C(=O)N1CCN(C(=O)c2ccccc2)CC1. The average molecular weight is 327 g/mol. The number of carbonyl (C=O) groups excluding carboxylic acids is 2. The molecule has 6 heteroatoms. The zero-order valence-corrected chi connectivity index (χ0v) is 13.4. The summed E-state index contributed by atoms with van der Waals surface area (Å²) in [6.45, 7) is 2.05. The minimum Gasteiger partial charge on any atom is -0.469 e. The van der Waals surface area contributed by atoms with E-state index in [2.05, 4.69) is 0 Å². The van der Waals surface area contributed by atoms with E-state index in [4.69, 9.17) is 10.2 Å². The van der Waals surface area contributed by atoms with Gasteiger partial charge < -0.3 is 20.0 Å². The molecule has 1 aromatic carbocycles. The number of nitrogens with two attached hydrogens (primary N) is 1. The van der Waals surface area contributed by atoms with Gasteiger partial charge in [0.05, 0.1) is 12.3 Å². The van der Waals surface area contributed by atoms with Crippen molar-refractivity contribution in [3.63, 3.8) is 0 Å².